The number of carbonyl (C=O) groups excluding carboxylic acids is 2. The number of aliphatic hydroxyl groups excluding tert-OH is 1. The number of benzene rings is 1. The molecule has 184 valence electrons. The van der Waals surface area contributed by atoms with Crippen molar-refractivity contribution in [3.63, 3.8) is 0 Å². The molecule has 2 heterocycles. The van der Waals surface area contributed by atoms with Crippen LogP contribution in [0.3, 0.4) is 0 Å². The molecule has 0 atom stereocenters. The molecule has 5 N–H and O–H groups in total. The minimum atomic E-state index is -3.04. The zero-order valence-corrected chi connectivity index (χ0v) is 20.4. The molecule has 10 heteroatoms. The van der Waals surface area contributed by atoms with Crippen LogP contribution >= 0.6 is 11.9 Å². The molecule has 0 unspecified atom stereocenters. The topological polar surface area (TPSA) is 110 Å². The van der Waals surface area contributed by atoms with Crippen LogP contribution < -0.4 is 11.5 Å². The lowest BCUT2D eigenvalue weighted by Crippen LogP contribution is -2.61. The molecule has 2 amide bonds. The lowest BCUT2D eigenvalue weighted by atomic mass is 9.88. The summed E-state index contributed by atoms with van der Waals surface area (Å²) in [6, 6.07) is 3.37. The number of amides is 2. The minimum absolute atomic E-state index is 0.0503. The average molecular weight is 486 g/mol. The van der Waals surface area contributed by atoms with Gasteiger partial charge >= 0.3 is 5.25 Å². The first kappa shape index (κ1) is 25.9. The van der Waals surface area contributed by atoms with Crippen LogP contribution in [0.1, 0.15) is 52.7 Å². The Morgan fingerprint density at radius 3 is 2.21 bits per heavy atom. The maximum absolute atomic E-state index is 15.2. The molecule has 0 bridgehead atoms. The Kier molecular flexibility index (Phi) is 7.43. The van der Waals surface area contributed by atoms with Gasteiger partial charge in [-0.15, -0.1) is 0 Å². The van der Waals surface area contributed by atoms with Crippen LogP contribution in [0.4, 0.5) is 8.78 Å². The quantitative estimate of drug-likeness (QED) is 0.422. The van der Waals surface area contributed by atoms with Gasteiger partial charge in [-0.2, -0.15) is 8.78 Å². The Bertz CT molecular complexity index is 888. The van der Waals surface area contributed by atoms with Crippen molar-refractivity contribution in [3.05, 3.63) is 34.4 Å². The molecule has 7 nitrogen and oxygen atoms in total. The van der Waals surface area contributed by atoms with Crippen molar-refractivity contribution in [2.24, 2.45) is 11.5 Å². The number of aryl methyl sites for hydroxylation is 2. The largest absolute Gasteiger partial charge is 0.393 e. The van der Waals surface area contributed by atoms with Crippen molar-refractivity contribution in [1.29, 1.82) is 0 Å². The Morgan fingerprint density at radius 2 is 1.73 bits per heavy atom. The predicted molar refractivity (Wildman–Crippen MR) is 125 cm³/mol. The second-order valence-electron chi connectivity index (χ2n) is 9.78. The van der Waals surface area contributed by atoms with E-state index in [2.05, 4.69) is 0 Å². The van der Waals surface area contributed by atoms with E-state index in [0.29, 0.717) is 73.2 Å². The third-order valence-electron chi connectivity index (χ3n) is 6.98. The van der Waals surface area contributed by atoms with Gasteiger partial charge < -0.3 is 21.5 Å². The molecule has 2 fully saturated rings. The van der Waals surface area contributed by atoms with E-state index >= 15 is 8.78 Å². The minimum Gasteiger partial charge on any atom is -0.393 e. The Balaban J connectivity index is 1.69. The van der Waals surface area contributed by atoms with Crippen molar-refractivity contribution in [3.8, 4) is 0 Å². The molecular weight excluding hydrogens is 450 g/mol. The molecule has 0 spiro atoms. The SMILES string of the molecule is Cc1cc(C(=O)N2CCC(O)CC2)cc(C)c1CC(F)(F)S[N+]1(C)CCC(N)(C(N)=O)CC1. The van der Waals surface area contributed by atoms with Crippen LogP contribution in [0.5, 0.6) is 0 Å². The molecule has 3 rings (SSSR count). The number of piperidine rings is 2. The number of quaternary nitrogens is 1. The highest BCUT2D eigenvalue weighted by molar-refractivity contribution is 7.94. The summed E-state index contributed by atoms with van der Waals surface area (Å²) < 4.78 is 30.4. The molecule has 0 saturated carbocycles. The van der Waals surface area contributed by atoms with Crippen molar-refractivity contribution in [2.45, 2.75) is 62.8 Å². The smallest absolute Gasteiger partial charge is 0.348 e. The third-order valence-corrected chi connectivity index (χ3v) is 8.20. The van der Waals surface area contributed by atoms with Crippen molar-refractivity contribution >= 4 is 23.8 Å². The fraction of sp³-hybridized carbons (Fsp3) is 0.652. The van der Waals surface area contributed by atoms with Gasteiger partial charge in [0.15, 0.2) is 11.9 Å². The normalized spacial score (nSPS) is 26.9. The Morgan fingerprint density at radius 1 is 1.21 bits per heavy atom. The molecule has 0 radical (unpaired) electrons. The first-order valence-electron chi connectivity index (χ1n) is 11.3. The van der Waals surface area contributed by atoms with E-state index in [0.717, 1.165) is 0 Å². The number of hydrogen-bond acceptors (Lipinski definition) is 5. The molecule has 2 aliphatic heterocycles. The highest BCUT2D eigenvalue weighted by Crippen LogP contribution is 2.43. The number of primary amides is 1. The van der Waals surface area contributed by atoms with Crippen LogP contribution in [0.2, 0.25) is 0 Å². The second-order valence-corrected chi connectivity index (χ2v) is 11.4. The van der Waals surface area contributed by atoms with E-state index in [1.54, 1.807) is 37.9 Å². The number of nitrogens with zero attached hydrogens (tertiary/aromatic N) is 2. The van der Waals surface area contributed by atoms with Gasteiger partial charge in [-0.1, -0.05) is 0 Å². The van der Waals surface area contributed by atoms with Crippen LogP contribution in [0, 0.1) is 13.8 Å². The zero-order valence-electron chi connectivity index (χ0n) is 19.6. The summed E-state index contributed by atoms with van der Waals surface area (Å²) in [6.07, 6.45) is 0.812. The number of rotatable bonds is 6. The van der Waals surface area contributed by atoms with E-state index in [1.807, 2.05) is 0 Å². The van der Waals surface area contributed by atoms with Crippen molar-refractivity contribution < 1.29 is 27.4 Å². The molecule has 0 aliphatic carbocycles. The molecule has 1 aromatic rings. The number of halogens is 2. The summed E-state index contributed by atoms with van der Waals surface area (Å²) in [4.78, 5) is 26.1. The van der Waals surface area contributed by atoms with Crippen molar-refractivity contribution in [2.75, 3.05) is 33.2 Å². The highest BCUT2D eigenvalue weighted by Gasteiger charge is 2.48. The lowest BCUT2D eigenvalue weighted by molar-refractivity contribution is -0.782. The number of aliphatic hydroxyl groups is 1. The van der Waals surface area contributed by atoms with Crippen LogP contribution in [0.25, 0.3) is 0 Å². The number of nitrogens with two attached hydrogens (primary N) is 2. The molecule has 33 heavy (non-hydrogen) atoms. The third kappa shape index (κ3) is 6.03. The van der Waals surface area contributed by atoms with E-state index in [-0.39, 0.29) is 28.7 Å². The zero-order chi connectivity index (χ0) is 24.6. The standard InChI is InChI=1S/C23H34F2N4O3S/c1-15-12-17(20(31)28-8-4-18(30)5-9-28)13-16(2)19(15)14-23(24,25)33-29(3)10-6-22(27,7-11-29)21(26)32/h12-13,18,30H,4-11,14,27H2,1-3H3,(H-,26,32)/p+1. The summed E-state index contributed by atoms with van der Waals surface area (Å²) in [5, 5.41) is 6.62. The van der Waals surface area contributed by atoms with E-state index in [4.69, 9.17) is 11.5 Å². The maximum atomic E-state index is 15.2. The summed E-state index contributed by atoms with van der Waals surface area (Å²) in [5.41, 5.74) is 12.6. The summed E-state index contributed by atoms with van der Waals surface area (Å²) in [6.45, 7) is 5.15. The Labute approximate surface area is 198 Å². The van der Waals surface area contributed by atoms with Gasteiger partial charge in [-0.3, -0.25) is 13.5 Å². The fourth-order valence-electron chi connectivity index (χ4n) is 4.65. The molecule has 1 aromatic carbocycles. The summed E-state index contributed by atoms with van der Waals surface area (Å²) in [5.74, 6) is -0.723. The van der Waals surface area contributed by atoms with E-state index < -0.39 is 23.1 Å². The molecule has 2 aliphatic rings. The van der Waals surface area contributed by atoms with Gasteiger partial charge in [0.2, 0.25) is 5.91 Å². The van der Waals surface area contributed by atoms with Crippen LogP contribution in [0.15, 0.2) is 12.1 Å². The van der Waals surface area contributed by atoms with E-state index in [1.165, 1.54) is 0 Å². The Hall–Kier alpha value is -1.75. The molecule has 2 saturated heterocycles. The lowest BCUT2D eigenvalue weighted by Gasteiger charge is -2.42. The monoisotopic (exact) mass is 485 g/mol. The van der Waals surface area contributed by atoms with Gasteiger partial charge in [0, 0.05) is 31.5 Å². The van der Waals surface area contributed by atoms with Gasteiger partial charge in [0.05, 0.1) is 32.7 Å². The van der Waals surface area contributed by atoms with Gasteiger partial charge in [0.1, 0.15) is 5.54 Å². The number of hydrogen-bond donors (Lipinski definition) is 3. The van der Waals surface area contributed by atoms with Crippen LogP contribution in [-0.2, 0) is 11.2 Å². The summed E-state index contributed by atoms with van der Waals surface area (Å²) in [7, 11) is 1.73. The number of carbonyl (C=O) groups is 2. The van der Waals surface area contributed by atoms with Crippen LogP contribution in [-0.4, -0.2) is 75.8 Å². The van der Waals surface area contributed by atoms with Gasteiger partial charge in [-0.25, -0.2) is 0 Å². The van der Waals surface area contributed by atoms with Gasteiger partial charge in [0.25, 0.3) is 5.91 Å². The second kappa shape index (κ2) is 9.48. The molecule has 0 aromatic heterocycles. The fourth-order valence-corrected chi connectivity index (χ4v) is 5.87. The van der Waals surface area contributed by atoms with E-state index in [9.17, 15) is 14.7 Å². The number of likely N-dealkylation sites (tertiary alicyclic amines) is 2. The average Bonchev–Trinajstić information content (AvgIpc) is 2.72. The first-order valence-corrected chi connectivity index (χ1v) is 12.1. The number of alkyl halides is 2. The van der Waals surface area contributed by atoms with Crippen molar-refractivity contribution in [1.82, 2.24) is 4.90 Å². The predicted octanol–water partition coefficient (Wildman–Crippen LogP) is 2.11. The van der Waals surface area contributed by atoms with Gasteiger partial charge in [-0.05, 0) is 55.5 Å². The highest BCUT2D eigenvalue weighted by atomic mass is 32.2. The maximum Gasteiger partial charge on any atom is 0.348 e. The molecular formula is C23H35F2N4O3S+. The first-order chi connectivity index (χ1) is 15.2. The summed E-state index contributed by atoms with van der Waals surface area (Å²) >= 11 is 0.581.